The number of rotatable bonds is 5. The molecule has 1 aromatic carbocycles. The smallest absolute Gasteiger partial charge is 0.0559 e. The van der Waals surface area contributed by atoms with Gasteiger partial charge >= 0.3 is 0 Å². The van der Waals surface area contributed by atoms with E-state index in [2.05, 4.69) is 19.0 Å². The molecule has 0 spiro atoms. The maximum atomic E-state index is 5.73. The van der Waals surface area contributed by atoms with Crippen molar-refractivity contribution in [3.63, 3.8) is 0 Å². The van der Waals surface area contributed by atoms with Gasteiger partial charge in [-0.1, -0.05) is 0 Å². The van der Waals surface area contributed by atoms with Gasteiger partial charge in [0, 0.05) is 4.90 Å². The summed E-state index contributed by atoms with van der Waals surface area (Å²) in [6.07, 6.45) is 1.18. The molecule has 15 heavy (non-hydrogen) atoms. The molecule has 3 nitrogen and oxygen atoms in total. The number of anilines is 2. The highest BCUT2D eigenvalue weighted by atomic mass is 32.2. The van der Waals surface area contributed by atoms with Gasteiger partial charge in [0.2, 0.25) is 0 Å². The van der Waals surface area contributed by atoms with Crippen molar-refractivity contribution in [2.75, 3.05) is 37.9 Å². The molecular weight excluding hydrogens is 206 g/mol. The molecule has 0 heterocycles. The molecule has 0 radical (unpaired) electrons. The predicted molar refractivity (Wildman–Crippen MR) is 69.2 cm³/mol. The summed E-state index contributed by atoms with van der Waals surface area (Å²) >= 11 is 1.82. The van der Waals surface area contributed by atoms with E-state index < -0.39 is 0 Å². The Morgan fingerprint density at radius 2 is 1.93 bits per heavy atom. The summed E-state index contributed by atoms with van der Waals surface area (Å²) in [6.45, 7) is 1.12. The molecular formula is C11H19N3S. The topological polar surface area (TPSA) is 55.3 Å². The maximum Gasteiger partial charge on any atom is 0.0559 e. The maximum absolute atomic E-state index is 5.73. The average molecular weight is 225 g/mol. The number of hydrogen-bond donors (Lipinski definition) is 2. The van der Waals surface area contributed by atoms with Crippen molar-refractivity contribution in [1.29, 1.82) is 0 Å². The minimum absolute atomic E-state index is 0.660. The second-order valence-corrected chi connectivity index (χ2v) is 4.96. The highest BCUT2D eigenvalue weighted by molar-refractivity contribution is 7.99. The largest absolute Gasteiger partial charge is 0.397 e. The summed E-state index contributed by atoms with van der Waals surface area (Å²) in [7, 11) is 4.18. The number of nitrogens with two attached hydrogens (primary N) is 2. The zero-order valence-corrected chi connectivity index (χ0v) is 10.2. The third-order valence-electron chi connectivity index (χ3n) is 2.08. The van der Waals surface area contributed by atoms with Crippen LogP contribution in [0.15, 0.2) is 23.1 Å². The van der Waals surface area contributed by atoms with E-state index in [4.69, 9.17) is 11.5 Å². The Morgan fingerprint density at radius 3 is 2.53 bits per heavy atom. The Kier molecular flexibility index (Phi) is 4.78. The van der Waals surface area contributed by atoms with Crippen molar-refractivity contribution in [2.45, 2.75) is 11.3 Å². The van der Waals surface area contributed by atoms with E-state index in [0.29, 0.717) is 11.4 Å². The van der Waals surface area contributed by atoms with Crippen LogP contribution in [0, 0.1) is 0 Å². The van der Waals surface area contributed by atoms with Gasteiger partial charge in [-0.15, -0.1) is 11.8 Å². The van der Waals surface area contributed by atoms with Crippen molar-refractivity contribution in [1.82, 2.24) is 4.90 Å². The van der Waals surface area contributed by atoms with Gasteiger partial charge in [0.25, 0.3) is 0 Å². The van der Waals surface area contributed by atoms with E-state index in [0.717, 1.165) is 12.3 Å². The Bertz CT molecular complexity index is 313. The average Bonchev–Trinajstić information content (AvgIpc) is 2.18. The summed E-state index contributed by atoms with van der Waals surface area (Å²) in [4.78, 5) is 3.39. The minimum atomic E-state index is 0.660. The Labute approximate surface area is 95.8 Å². The molecule has 0 atom stereocenters. The second kappa shape index (κ2) is 5.88. The SMILES string of the molecule is CN(C)CCCSc1ccc(N)c(N)c1. The number of benzene rings is 1. The molecule has 0 saturated carbocycles. The van der Waals surface area contributed by atoms with Crippen LogP contribution in [0.5, 0.6) is 0 Å². The van der Waals surface area contributed by atoms with E-state index in [1.807, 2.05) is 30.0 Å². The van der Waals surface area contributed by atoms with E-state index >= 15 is 0 Å². The normalized spacial score (nSPS) is 10.9. The summed E-state index contributed by atoms with van der Waals surface area (Å²) in [6, 6.07) is 5.82. The lowest BCUT2D eigenvalue weighted by Crippen LogP contribution is -2.13. The third kappa shape index (κ3) is 4.44. The molecule has 1 aromatic rings. The fourth-order valence-corrected chi connectivity index (χ4v) is 2.10. The molecule has 1 rings (SSSR count). The van der Waals surface area contributed by atoms with E-state index in [9.17, 15) is 0 Å². The monoisotopic (exact) mass is 225 g/mol. The predicted octanol–water partition coefficient (Wildman–Crippen LogP) is 1.89. The Hall–Kier alpha value is -0.870. The van der Waals surface area contributed by atoms with Crippen molar-refractivity contribution in [2.24, 2.45) is 0 Å². The highest BCUT2D eigenvalue weighted by Gasteiger charge is 1.98. The standard InChI is InChI=1S/C11H19N3S/c1-14(2)6-3-7-15-9-4-5-10(12)11(13)8-9/h4-5,8H,3,6-7,12-13H2,1-2H3. The van der Waals surface area contributed by atoms with E-state index in [-0.39, 0.29) is 0 Å². The van der Waals surface area contributed by atoms with Crippen molar-refractivity contribution < 1.29 is 0 Å². The van der Waals surface area contributed by atoms with Crippen LogP contribution in [0.1, 0.15) is 6.42 Å². The minimum Gasteiger partial charge on any atom is -0.397 e. The first-order valence-corrected chi connectivity index (χ1v) is 6.00. The van der Waals surface area contributed by atoms with Gasteiger partial charge in [0.05, 0.1) is 11.4 Å². The summed E-state index contributed by atoms with van der Waals surface area (Å²) < 4.78 is 0. The van der Waals surface area contributed by atoms with Crippen LogP contribution in [-0.4, -0.2) is 31.3 Å². The molecule has 84 valence electrons. The summed E-state index contributed by atoms with van der Waals surface area (Å²) in [5, 5.41) is 0. The number of thioether (sulfide) groups is 1. The van der Waals surface area contributed by atoms with Gasteiger partial charge in [-0.2, -0.15) is 0 Å². The van der Waals surface area contributed by atoms with Gasteiger partial charge in [-0.05, 0) is 51.0 Å². The van der Waals surface area contributed by atoms with Crippen molar-refractivity contribution >= 4 is 23.1 Å². The highest BCUT2D eigenvalue weighted by Crippen LogP contribution is 2.24. The van der Waals surface area contributed by atoms with Crippen LogP contribution >= 0.6 is 11.8 Å². The molecule has 0 bridgehead atoms. The Balaban J connectivity index is 2.35. The molecule has 0 aliphatic rings. The van der Waals surface area contributed by atoms with Crippen molar-refractivity contribution in [3.05, 3.63) is 18.2 Å². The quantitative estimate of drug-likeness (QED) is 0.456. The third-order valence-corrected chi connectivity index (χ3v) is 3.16. The van der Waals surface area contributed by atoms with Crippen LogP contribution < -0.4 is 11.5 Å². The van der Waals surface area contributed by atoms with E-state index in [1.165, 1.54) is 11.3 Å². The van der Waals surface area contributed by atoms with Gasteiger partial charge in [-0.25, -0.2) is 0 Å². The molecule has 0 amide bonds. The fourth-order valence-electron chi connectivity index (χ4n) is 1.21. The first-order valence-electron chi connectivity index (χ1n) is 5.02. The molecule has 0 saturated heterocycles. The van der Waals surface area contributed by atoms with Crippen LogP contribution in [0.25, 0.3) is 0 Å². The van der Waals surface area contributed by atoms with Crippen molar-refractivity contribution in [3.8, 4) is 0 Å². The van der Waals surface area contributed by atoms with Crippen LogP contribution in [0.3, 0.4) is 0 Å². The fraction of sp³-hybridized carbons (Fsp3) is 0.455. The molecule has 0 aliphatic carbocycles. The second-order valence-electron chi connectivity index (χ2n) is 3.80. The van der Waals surface area contributed by atoms with Crippen LogP contribution in [-0.2, 0) is 0 Å². The van der Waals surface area contributed by atoms with Gasteiger partial charge < -0.3 is 16.4 Å². The first kappa shape index (κ1) is 12.2. The lowest BCUT2D eigenvalue weighted by Gasteiger charge is -2.09. The number of hydrogen-bond acceptors (Lipinski definition) is 4. The van der Waals surface area contributed by atoms with Gasteiger partial charge in [0.15, 0.2) is 0 Å². The Morgan fingerprint density at radius 1 is 1.20 bits per heavy atom. The molecule has 0 fully saturated rings. The van der Waals surface area contributed by atoms with Crippen LogP contribution in [0.2, 0.25) is 0 Å². The number of nitrogen functional groups attached to an aromatic ring is 2. The first-order chi connectivity index (χ1) is 7.09. The van der Waals surface area contributed by atoms with Gasteiger partial charge in [0.1, 0.15) is 0 Å². The van der Waals surface area contributed by atoms with Gasteiger partial charge in [-0.3, -0.25) is 0 Å². The summed E-state index contributed by atoms with van der Waals surface area (Å²) in [5.74, 6) is 1.11. The zero-order chi connectivity index (χ0) is 11.3. The zero-order valence-electron chi connectivity index (χ0n) is 9.36. The lowest BCUT2D eigenvalue weighted by molar-refractivity contribution is 0.410. The van der Waals surface area contributed by atoms with E-state index in [1.54, 1.807) is 0 Å². The lowest BCUT2D eigenvalue weighted by atomic mass is 10.3. The molecule has 0 aliphatic heterocycles. The summed E-state index contributed by atoms with van der Waals surface area (Å²) in [5.41, 5.74) is 12.7. The molecule has 0 aromatic heterocycles. The molecule has 4 heteroatoms. The molecule has 0 unspecified atom stereocenters. The number of nitrogens with zero attached hydrogens (tertiary/aromatic N) is 1. The van der Waals surface area contributed by atoms with Crippen LogP contribution in [0.4, 0.5) is 11.4 Å². The molecule has 4 N–H and O–H groups in total.